The molecule has 2 aromatic carbocycles. The van der Waals surface area contributed by atoms with Crippen LogP contribution in [-0.2, 0) is 6.61 Å². The van der Waals surface area contributed by atoms with E-state index in [1.165, 1.54) is 18.2 Å². The number of hydrogen-bond donors (Lipinski definition) is 2. The average molecular weight is 264 g/mol. The predicted octanol–water partition coefficient (Wildman–Crippen LogP) is 1.22. The lowest BCUT2D eigenvalue weighted by atomic mass is 9.80. The summed E-state index contributed by atoms with van der Waals surface area (Å²) in [5, 5.41) is 17.8. The Morgan fingerprint density at radius 2 is 1.63 bits per heavy atom. The smallest absolute Gasteiger partial charge is 0.488 e. The van der Waals surface area contributed by atoms with Crippen LogP contribution < -0.4 is 10.2 Å². The summed E-state index contributed by atoms with van der Waals surface area (Å²) in [5.41, 5.74) is 0.852. The van der Waals surface area contributed by atoms with Gasteiger partial charge in [0.2, 0.25) is 0 Å². The topological polar surface area (TPSA) is 49.7 Å². The second kappa shape index (κ2) is 5.82. The zero-order chi connectivity index (χ0) is 13.8. The highest BCUT2D eigenvalue weighted by Gasteiger charge is 2.10. The van der Waals surface area contributed by atoms with Gasteiger partial charge in [0, 0.05) is 0 Å². The Kier molecular flexibility index (Phi) is 4.14. The van der Waals surface area contributed by atoms with Crippen molar-refractivity contribution < 1.29 is 23.6 Å². The van der Waals surface area contributed by atoms with E-state index in [0.29, 0.717) is 16.8 Å². The minimum Gasteiger partial charge on any atom is -0.489 e. The Morgan fingerprint density at radius 3 is 2.21 bits per heavy atom. The summed E-state index contributed by atoms with van der Waals surface area (Å²) >= 11 is 0. The van der Waals surface area contributed by atoms with Gasteiger partial charge >= 0.3 is 7.12 Å². The molecule has 19 heavy (non-hydrogen) atoms. The fourth-order valence-electron chi connectivity index (χ4n) is 1.53. The summed E-state index contributed by atoms with van der Waals surface area (Å²) < 4.78 is 31.0. The molecule has 0 aromatic heterocycles. The third-order valence-electron chi connectivity index (χ3n) is 2.57. The Labute approximate surface area is 109 Å². The van der Waals surface area contributed by atoms with Crippen molar-refractivity contribution in [2.75, 3.05) is 0 Å². The van der Waals surface area contributed by atoms with Crippen molar-refractivity contribution in [3.05, 3.63) is 59.7 Å². The minimum atomic E-state index is -1.53. The summed E-state index contributed by atoms with van der Waals surface area (Å²) in [5.74, 6) is -1.32. The van der Waals surface area contributed by atoms with Gasteiger partial charge in [-0.2, -0.15) is 0 Å². The first-order valence-electron chi connectivity index (χ1n) is 5.59. The molecule has 3 nitrogen and oxygen atoms in total. The van der Waals surface area contributed by atoms with Gasteiger partial charge in [0.25, 0.3) is 0 Å². The summed E-state index contributed by atoms with van der Waals surface area (Å²) in [4.78, 5) is 0. The molecule has 6 heteroatoms. The van der Waals surface area contributed by atoms with Crippen molar-refractivity contribution in [3.63, 3.8) is 0 Å². The standard InChI is InChI=1S/C13H11BF2O3/c15-12-6-1-9(7-13(12)16)8-19-11-4-2-10(3-5-11)14(17)18/h1-7,17-18H,8H2. The van der Waals surface area contributed by atoms with Gasteiger partial charge in [0.1, 0.15) is 12.4 Å². The van der Waals surface area contributed by atoms with Crippen LogP contribution in [0, 0.1) is 11.6 Å². The van der Waals surface area contributed by atoms with Crippen molar-refractivity contribution in [2.45, 2.75) is 6.61 Å². The van der Waals surface area contributed by atoms with Gasteiger partial charge in [-0.25, -0.2) is 8.78 Å². The normalized spacial score (nSPS) is 10.3. The fourth-order valence-corrected chi connectivity index (χ4v) is 1.53. The molecule has 0 heterocycles. The van der Waals surface area contributed by atoms with E-state index in [1.54, 1.807) is 12.1 Å². The van der Waals surface area contributed by atoms with Gasteiger partial charge < -0.3 is 14.8 Å². The molecular formula is C13H11BF2O3. The molecule has 0 fully saturated rings. The molecule has 2 N–H and O–H groups in total. The monoisotopic (exact) mass is 264 g/mol. The van der Waals surface area contributed by atoms with Gasteiger partial charge in [0.05, 0.1) is 0 Å². The van der Waals surface area contributed by atoms with E-state index in [9.17, 15) is 8.78 Å². The molecule has 98 valence electrons. The fraction of sp³-hybridized carbons (Fsp3) is 0.0769. The van der Waals surface area contributed by atoms with Gasteiger partial charge in [-0.05, 0) is 35.3 Å². The molecule has 0 spiro atoms. The van der Waals surface area contributed by atoms with Crippen molar-refractivity contribution >= 4 is 12.6 Å². The largest absolute Gasteiger partial charge is 0.489 e. The molecule has 0 bridgehead atoms. The lowest BCUT2D eigenvalue weighted by Gasteiger charge is -2.07. The van der Waals surface area contributed by atoms with Gasteiger partial charge in [0.15, 0.2) is 11.6 Å². The van der Waals surface area contributed by atoms with Crippen LogP contribution in [0.15, 0.2) is 42.5 Å². The first-order chi connectivity index (χ1) is 9.06. The number of benzene rings is 2. The lowest BCUT2D eigenvalue weighted by Crippen LogP contribution is -2.29. The summed E-state index contributed by atoms with van der Waals surface area (Å²) in [6.45, 7) is 0.0955. The van der Waals surface area contributed by atoms with Crippen LogP contribution in [-0.4, -0.2) is 17.2 Å². The maximum absolute atomic E-state index is 13.0. The molecular weight excluding hydrogens is 253 g/mol. The Bertz CT molecular complexity index is 558. The first-order valence-corrected chi connectivity index (χ1v) is 5.59. The van der Waals surface area contributed by atoms with Crippen LogP contribution in [0.3, 0.4) is 0 Å². The number of rotatable bonds is 4. The Hall–Kier alpha value is -1.92. The van der Waals surface area contributed by atoms with Gasteiger partial charge in [-0.1, -0.05) is 18.2 Å². The summed E-state index contributed by atoms with van der Waals surface area (Å²) in [6, 6.07) is 9.69. The molecule has 0 amide bonds. The zero-order valence-electron chi connectivity index (χ0n) is 9.88. The quantitative estimate of drug-likeness (QED) is 0.816. The molecule has 0 saturated carbocycles. The Morgan fingerprint density at radius 1 is 0.947 bits per heavy atom. The van der Waals surface area contributed by atoms with Gasteiger partial charge in [-0.15, -0.1) is 0 Å². The molecule has 0 atom stereocenters. The average Bonchev–Trinajstić information content (AvgIpc) is 2.40. The first kappa shape index (κ1) is 13.5. The van der Waals surface area contributed by atoms with E-state index >= 15 is 0 Å². The molecule has 0 saturated heterocycles. The van der Waals surface area contributed by atoms with Crippen LogP contribution in [0.2, 0.25) is 0 Å². The van der Waals surface area contributed by atoms with Crippen molar-refractivity contribution in [2.24, 2.45) is 0 Å². The number of hydrogen-bond acceptors (Lipinski definition) is 3. The number of halogens is 2. The molecule has 2 rings (SSSR count). The lowest BCUT2D eigenvalue weighted by molar-refractivity contribution is 0.305. The van der Waals surface area contributed by atoms with Crippen LogP contribution in [0.25, 0.3) is 0 Å². The zero-order valence-corrected chi connectivity index (χ0v) is 9.88. The predicted molar refractivity (Wildman–Crippen MR) is 67.0 cm³/mol. The maximum Gasteiger partial charge on any atom is 0.488 e. The highest BCUT2D eigenvalue weighted by Crippen LogP contribution is 2.13. The highest BCUT2D eigenvalue weighted by atomic mass is 19.2. The molecule has 2 aromatic rings. The van der Waals surface area contributed by atoms with E-state index in [4.69, 9.17) is 14.8 Å². The van der Waals surface area contributed by atoms with E-state index in [0.717, 1.165) is 12.1 Å². The SMILES string of the molecule is OB(O)c1ccc(OCc2ccc(F)c(F)c2)cc1. The van der Waals surface area contributed by atoms with Crippen molar-refractivity contribution in [3.8, 4) is 5.75 Å². The molecule has 0 aliphatic carbocycles. The van der Waals surface area contributed by atoms with Crippen LogP contribution >= 0.6 is 0 Å². The van der Waals surface area contributed by atoms with E-state index in [1.807, 2.05) is 0 Å². The van der Waals surface area contributed by atoms with E-state index < -0.39 is 18.8 Å². The summed E-state index contributed by atoms with van der Waals surface area (Å²) in [6.07, 6.45) is 0. The van der Waals surface area contributed by atoms with E-state index in [-0.39, 0.29) is 6.61 Å². The third-order valence-corrected chi connectivity index (χ3v) is 2.57. The highest BCUT2D eigenvalue weighted by molar-refractivity contribution is 6.58. The molecule has 0 aliphatic heterocycles. The van der Waals surface area contributed by atoms with Crippen LogP contribution in [0.1, 0.15) is 5.56 Å². The molecule has 0 radical (unpaired) electrons. The molecule has 0 unspecified atom stereocenters. The Balaban J connectivity index is 2.00. The minimum absolute atomic E-state index is 0.0955. The maximum atomic E-state index is 13.0. The third kappa shape index (κ3) is 3.53. The van der Waals surface area contributed by atoms with Crippen LogP contribution in [0.5, 0.6) is 5.75 Å². The second-order valence-electron chi connectivity index (χ2n) is 3.98. The van der Waals surface area contributed by atoms with Crippen molar-refractivity contribution in [1.82, 2.24) is 0 Å². The summed E-state index contributed by atoms with van der Waals surface area (Å²) in [7, 11) is -1.53. The number of ether oxygens (including phenoxy) is 1. The second-order valence-corrected chi connectivity index (χ2v) is 3.98. The van der Waals surface area contributed by atoms with E-state index in [2.05, 4.69) is 0 Å². The molecule has 0 aliphatic rings. The van der Waals surface area contributed by atoms with Crippen molar-refractivity contribution in [1.29, 1.82) is 0 Å². The van der Waals surface area contributed by atoms with Crippen LogP contribution in [0.4, 0.5) is 8.78 Å². The van der Waals surface area contributed by atoms with Gasteiger partial charge in [-0.3, -0.25) is 0 Å².